The van der Waals surface area contributed by atoms with Gasteiger partial charge in [0.15, 0.2) is 12.4 Å². The summed E-state index contributed by atoms with van der Waals surface area (Å²) in [5, 5.41) is 13.0. The van der Waals surface area contributed by atoms with Crippen LogP contribution in [0.3, 0.4) is 0 Å². The van der Waals surface area contributed by atoms with Gasteiger partial charge in [-0.05, 0) is 6.42 Å². The standard InChI is InChI=1S/C13H22N3O11PS/c14-8(13(21)22)1-2-10(18)16-9(6-29)12(20)15-3-11(19)27-7(4-17)5-26-28(23,24)25/h4,7-9,29H,1-3,5-6,14H2,(H,15,20)(H,16,18)(H,21,22)(H2,23,24,25). The lowest BCUT2D eigenvalue weighted by atomic mass is 10.1. The molecule has 0 aromatic rings. The fourth-order valence-corrected chi connectivity index (χ4v) is 2.23. The Balaban J connectivity index is 4.44. The fourth-order valence-electron chi connectivity index (χ4n) is 1.64. The summed E-state index contributed by atoms with van der Waals surface area (Å²) < 4.78 is 19.1. The zero-order valence-electron chi connectivity index (χ0n) is 14.9. The second-order valence-electron chi connectivity index (χ2n) is 5.45. The number of amides is 2. The first-order valence-electron chi connectivity index (χ1n) is 7.90. The van der Waals surface area contributed by atoms with Gasteiger partial charge in [0.2, 0.25) is 11.8 Å². The number of carbonyl (C=O) groups is 5. The molecule has 3 atom stereocenters. The molecule has 0 saturated carbocycles. The maximum atomic E-state index is 12.0. The monoisotopic (exact) mass is 459 g/mol. The number of phosphoric ester groups is 1. The largest absolute Gasteiger partial charge is 0.480 e. The summed E-state index contributed by atoms with van der Waals surface area (Å²) >= 11 is 3.89. The smallest absolute Gasteiger partial charge is 0.469 e. The number of carboxylic acids is 1. The number of ether oxygens (including phenoxy) is 1. The second-order valence-corrected chi connectivity index (χ2v) is 7.06. The molecule has 0 aromatic heterocycles. The van der Waals surface area contributed by atoms with Crippen molar-refractivity contribution in [2.75, 3.05) is 18.9 Å². The minimum atomic E-state index is -4.86. The van der Waals surface area contributed by atoms with E-state index in [1.807, 2.05) is 0 Å². The molecule has 0 saturated heterocycles. The van der Waals surface area contributed by atoms with Crippen molar-refractivity contribution < 1.29 is 52.7 Å². The average Bonchev–Trinajstić information content (AvgIpc) is 2.64. The molecule has 16 heteroatoms. The number of aldehydes is 1. The molecule has 0 aromatic carbocycles. The van der Waals surface area contributed by atoms with Crippen LogP contribution in [0.2, 0.25) is 0 Å². The van der Waals surface area contributed by atoms with Gasteiger partial charge in [-0.15, -0.1) is 0 Å². The lowest BCUT2D eigenvalue weighted by Gasteiger charge is -2.17. The summed E-state index contributed by atoms with van der Waals surface area (Å²) in [6.45, 7) is -1.61. The SMILES string of the molecule is NC(CCC(=O)NC(CS)C(=O)NCC(=O)OC(C=O)COP(=O)(O)O)C(=O)O. The van der Waals surface area contributed by atoms with Crippen LogP contribution in [0.5, 0.6) is 0 Å². The molecule has 2 amide bonds. The van der Waals surface area contributed by atoms with Crippen LogP contribution in [-0.4, -0.2) is 82.0 Å². The van der Waals surface area contributed by atoms with Gasteiger partial charge < -0.3 is 36.0 Å². The van der Waals surface area contributed by atoms with Gasteiger partial charge in [-0.1, -0.05) is 0 Å². The quantitative estimate of drug-likeness (QED) is 0.0593. The molecular weight excluding hydrogens is 437 g/mol. The summed E-state index contributed by atoms with van der Waals surface area (Å²) in [4.78, 5) is 73.7. The summed E-state index contributed by atoms with van der Waals surface area (Å²) in [5.74, 6) is -4.01. The van der Waals surface area contributed by atoms with Gasteiger partial charge in [0.05, 0.1) is 0 Å². The molecule has 0 rings (SSSR count). The third kappa shape index (κ3) is 12.9. The van der Waals surface area contributed by atoms with Crippen molar-refractivity contribution in [3.8, 4) is 0 Å². The van der Waals surface area contributed by atoms with Crippen LogP contribution in [0.1, 0.15) is 12.8 Å². The molecule has 0 spiro atoms. The molecule has 166 valence electrons. The predicted octanol–water partition coefficient (Wildman–Crippen LogP) is -3.07. The van der Waals surface area contributed by atoms with Crippen molar-refractivity contribution in [2.24, 2.45) is 5.73 Å². The van der Waals surface area contributed by atoms with E-state index >= 15 is 0 Å². The fraction of sp³-hybridized carbons (Fsp3) is 0.615. The molecule has 3 unspecified atom stereocenters. The van der Waals surface area contributed by atoms with Crippen LogP contribution >= 0.6 is 20.5 Å². The molecule has 29 heavy (non-hydrogen) atoms. The Labute approximate surface area is 170 Å². The van der Waals surface area contributed by atoms with Crippen molar-refractivity contribution in [2.45, 2.75) is 31.0 Å². The number of hydrogen-bond acceptors (Lipinski definition) is 10. The van der Waals surface area contributed by atoms with E-state index in [-0.39, 0.29) is 24.9 Å². The van der Waals surface area contributed by atoms with Crippen molar-refractivity contribution in [1.82, 2.24) is 10.6 Å². The molecule has 14 nitrogen and oxygen atoms in total. The van der Waals surface area contributed by atoms with Gasteiger partial charge in [-0.2, -0.15) is 12.6 Å². The molecule has 0 bridgehead atoms. The van der Waals surface area contributed by atoms with Crippen molar-refractivity contribution in [3.05, 3.63) is 0 Å². The molecule has 0 aliphatic rings. The number of aliphatic carboxylic acids is 1. The number of hydrogen-bond donors (Lipinski definition) is 7. The van der Waals surface area contributed by atoms with Crippen molar-refractivity contribution >= 4 is 50.5 Å². The molecule has 0 fully saturated rings. The molecule has 0 radical (unpaired) electrons. The van der Waals surface area contributed by atoms with Crippen molar-refractivity contribution in [3.63, 3.8) is 0 Å². The van der Waals surface area contributed by atoms with Gasteiger partial charge in [-0.3, -0.25) is 28.5 Å². The number of carbonyl (C=O) groups excluding carboxylic acids is 4. The highest BCUT2D eigenvalue weighted by atomic mass is 32.1. The third-order valence-electron chi connectivity index (χ3n) is 3.08. The summed E-state index contributed by atoms with van der Waals surface area (Å²) in [5.41, 5.74) is 5.26. The number of esters is 1. The lowest BCUT2D eigenvalue weighted by Crippen LogP contribution is -2.49. The summed E-state index contributed by atoms with van der Waals surface area (Å²) in [6, 6.07) is -2.39. The Bertz CT molecular complexity index is 656. The highest BCUT2D eigenvalue weighted by Crippen LogP contribution is 2.35. The van der Waals surface area contributed by atoms with E-state index in [9.17, 15) is 28.5 Å². The Morgan fingerprint density at radius 3 is 2.34 bits per heavy atom. The molecule has 0 aliphatic heterocycles. The summed E-state index contributed by atoms with van der Waals surface area (Å²) in [7, 11) is -4.86. The van der Waals surface area contributed by atoms with E-state index in [1.54, 1.807) is 0 Å². The number of nitrogens with one attached hydrogen (secondary N) is 2. The van der Waals surface area contributed by atoms with Crippen LogP contribution in [0.15, 0.2) is 0 Å². The van der Waals surface area contributed by atoms with Crippen LogP contribution in [0.25, 0.3) is 0 Å². The molecular formula is C13H22N3O11PS. The molecule has 0 heterocycles. The average molecular weight is 459 g/mol. The van der Waals surface area contributed by atoms with E-state index < -0.39 is 62.9 Å². The maximum absolute atomic E-state index is 12.0. The number of nitrogens with two attached hydrogens (primary N) is 1. The van der Waals surface area contributed by atoms with Gasteiger partial charge >= 0.3 is 19.8 Å². The highest BCUT2D eigenvalue weighted by Gasteiger charge is 2.23. The predicted molar refractivity (Wildman–Crippen MR) is 97.6 cm³/mol. The Hall–Kier alpha value is -2.03. The van der Waals surface area contributed by atoms with E-state index in [0.29, 0.717) is 0 Å². The van der Waals surface area contributed by atoms with E-state index in [2.05, 4.69) is 32.5 Å². The van der Waals surface area contributed by atoms with Crippen LogP contribution in [0.4, 0.5) is 0 Å². The highest BCUT2D eigenvalue weighted by molar-refractivity contribution is 7.80. The van der Waals surface area contributed by atoms with Gasteiger partial charge in [0.25, 0.3) is 0 Å². The Morgan fingerprint density at radius 1 is 1.24 bits per heavy atom. The summed E-state index contributed by atoms with van der Waals surface area (Å²) in [6.07, 6.45) is -1.94. The zero-order valence-corrected chi connectivity index (χ0v) is 16.7. The number of thiol groups is 1. The first kappa shape index (κ1) is 27.0. The maximum Gasteiger partial charge on any atom is 0.469 e. The zero-order chi connectivity index (χ0) is 22.6. The first-order chi connectivity index (χ1) is 13.4. The Kier molecular flexibility index (Phi) is 12.3. The normalized spacial score (nSPS) is 14.2. The van der Waals surface area contributed by atoms with Gasteiger partial charge in [-0.25, -0.2) is 4.57 Å². The van der Waals surface area contributed by atoms with Crippen LogP contribution in [-0.2, 0) is 37.8 Å². The van der Waals surface area contributed by atoms with Gasteiger partial charge in [0, 0.05) is 12.2 Å². The van der Waals surface area contributed by atoms with E-state index in [1.165, 1.54) is 0 Å². The van der Waals surface area contributed by atoms with Crippen molar-refractivity contribution in [1.29, 1.82) is 0 Å². The van der Waals surface area contributed by atoms with E-state index in [0.717, 1.165) is 0 Å². The number of rotatable bonds is 14. The minimum absolute atomic E-state index is 0.0773. The number of phosphoric acid groups is 1. The molecule has 7 N–H and O–H groups in total. The first-order valence-corrected chi connectivity index (χ1v) is 10.1. The van der Waals surface area contributed by atoms with Crippen LogP contribution < -0.4 is 16.4 Å². The lowest BCUT2D eigenvalue weighted by molar-refractivity contribution is -0.153. The minimum Gasteiger partial charge on any atom is -0.480 e. The Morgan fingerprint density at radius 2 is 1.86 bits per heavy atom. The van der Waals surface area contributed by atoms with Crippen LogP contribution in [0, 0.1) is 0 Å². The molecule has 0 aliphatic carbocycles. The number of carboxylic acid groups (broad SMARTS) is 1. The second kappa shape index (κ2) is 13.2. The van der Waals surface area contributed by atoms with Gasteiger partial charge in [0.1, 0.15) is 25.2 Å². The van der Waals surface area contributed by atoms with E-state index in [4.69, 9.17) is 20.6 Å². The topological polar surface area (TPSA) is 232 Å². The third-order valence-corrected chi connectivity index (χ3v) is 3.93.